The molecule has 2 N–H and O–H groups in total. The Hall–Kier alpha value is -1.55. The summed E-state index contributed by atoms with van der Waals surface area (Å²) in [4.78, 5) is 14.1. The number of benzene rings is 1. The minimum atomic E-state index is -0.524. The van der Waals surface area contributed by atoms with Crippen molar-refractivity contribution in [3.63, 3.8) is 0 Å². The number of urea groups is 1. The summed E-state index contributed by atoms with van der Waals surface area (Å²) in [6.07, 6.45) is 3.24. The average Bonchev–Trinajstić information content (AvgIpc) is 2.37. The fourth-order valence-electron chi connectivity index (χ4n) is 2.42. The van der Waals surface area contributed by atoms with E-state index in [2.05, 4.69) is 5.32 Å². The zero-order chi connectivity index (χ0) is 14.5. The van der Waals surface area contributed by atoms with Crippen molar-refractivity contribution in [3.05, 3.63) is 29.8 Å². The van der Waals surface area contributed by atoms with Gasteiger partial charge < -0.3 is 15.3 Å². The van der Waals surface area contributed by atoms with Crippen molar-refractivity contribution < 1.29 is 9.90 Å². The Bertz CT molecular complexity index is 456. The summed E-state index contributed by atoms with van der Waals surface area (Å²) in [5.41, 5.74) is 1.55. The number of amides is 2. The topological polar surface area (TPSA) is 52.6 Å². The molecular formula is C16H24N2O2. The summed E-state index contributed by atoms with van der Waals surface area (Å²) >= 11 is 0. The quantitative estimate of drug-likeness (QED) is 0.866. The van der Waals surface area contributed by atoms with Crippen molar-refractivity contribution in [1.29, 1.82) is 0 Å². The van der Waals surface area contributed by atoms with Gasteiger partial charge in [-0.05, 0) is 50.3 Å². The van der Waals surface area contributed by atoms with Crippen LogP contribution in [0.2, 0.25) is 0 Å². The first-order valence-corrected chi connectivity index (χ1v) is 7.44. The second kappa shape index (κ2) is 6.75. The molecule has 20 heavy (non-hydrogen) atoms. The fourth-order valence-corrected chi connectivity index (χ4v) is 2.42. The lowest BCUT2D eigenvalue weighted by molar-refractivity contribution is 0.182. The first kappa shape index (κ1) is 14.9. The van der Waals surface area contributed by atoms with Crippen LogP contribution in [0.25, 0.3) is 0 Å². The minimum Gasteiger partial charge on any atom is -0.389 e. The molecule has 1 aromatic carbocycles. The minimum absolute atomic E-state index is 0.0536. The van der Waals surface area contributed by atoms with Crippen molar-refractivity contribution in [1.82, 2.24) is 4.90 Å². The third-order valence-electron chi connectivity index (χ3n) is 3.99. The lowest BCUT2D eigenvalue weighted by atomic mass is 9.85. The largest absolute Gasteiger partial charge is 0.389 e. The van der Waals surface area contributed by atoms with E-state index in [4.69, 9.17) is 0 Å². The zero-order valence-electron chi connectivity index (χ0n) is 12.3. The fraction of sp³-hybridized carbons (Fsp3) is 0.562. The number of aliphatic hydroxyl groups is 1. The number of nitrogens with zero attached hydrogens (tertiary/aromatic N) is 1. The van der Waals surface area contributed by atoms with Crippen LogP contribution in [0.3, 0.4) is 0 Å². The van der Waals surface area contributed by atoms with E-state index < -0.39 is 6.10 Å². The van der Waals surface area contributed by atoms with Crippen molar-refractivity contribution in [3.8, 4) is 0 Å². The van der Waals surface area contributed by atoms with E-state index >= 15 is 0 Å². The van der Waals surface area contributed by atoms with Gasteiger partial charge in [-0.2, -0.15) is 0 Å². The van der Waals surface area contributed by atoms with Crippen molar-refractivity contribution >= 4 is 11.7 Å². The molecule has 1 saturated carbocycles. The molecule has 110 valence electrons. The molecule has 0 aromatic heterocycles. The maximum absolute atomic E-state index is 12.3. The van der Waals surface area contributed by atoms with Gasteiger partial charge in [-0.1, -0.05) is 18.6 Å². The third-order valence-corrected chi connectivity index (χ3v) is 3.99. The van der Waals surface area contributed by atoms with E-state index in [1.54, 1.807) is 6.92 Å². The predicted molar refractivity (Wildman–Crippen MR) is 80.7 cm³/mol. The van der Waals surface area contributed by atoms with Crippen LogP contribution in [0.15, 0.2) is 24.3 Å². The van der Waals surface area contributed by atoms with Gasteiger partial charge in [-0.25, -0.2) is 4.79 Å². The predicted octanol–water partition coefficient (Wildman–Crippen LogP) is 3.39. The molecule has 4 heteroatoms. The Morgan fingerprint density at radius 1 is 1.50 bits per heavy atom. The molecule has 1 atom stereocenters. The van der Waals surface area contributed by atoms with E-state index in [1.807, 2.05) is 36.1 Å². The second-order valence-electron chi connectivity index (χ2n) is 5.57. The Kier molecular flexibility index (Phi) is 5.01. The molecule has 2 rings (SSSR count). The molecule has 0 aliphatic heterocycles. The van der Waals surface area contributed by atoms with E-state index in [1.165, 1.54) is 19.3 Å². The molecule has 0 spiro atoms. The van der Waals surface area contributed by atoms with Crippen molar-refractivity contribution in [2.75, 3.05) is 18.4 Å². The number of nitrogens with one attached hydrogen (secondary N) is 1. The molecule has 0 bridgehead atoms. The number of hydrogen-bond donors (Lipinski definition) is 2. The lowest BCUT2D eigenvalue weighted by Crippen LogP contribution is -2.39. The van der Waals surface area contributed by atoms with Crippen LogP contribution in [-0.4, -0.2) is 29.1 Å². The van der Waals surface area contributed by atoms with Gasteiger partial charge in [0.15, 0.2) is 0 Å². The van der Waals surface area contributed by atoms with Crippen LogP contribution in [0, 0.1) is 5.92 Å². The number of rotatable bonds is 5. The highest BCUT2D eigenvalue weighted by atomic mass is 16.3. The summed E-state index contributed by atoms with van der Waals surface area (Å²) in [5.74, 6) is 0.671. The molecule has 1 aliphatic rings. The summed E-state index contributed by atoms with van der Waals surface area (Å²) in [6, 6.07) is 7.31. The molecule has 2 amide bonds. The number of carbonyl (C=O) groups excluding carboxylic acids is 1. The molecule has 1 unspecified atom stereocenters. The number of aliphatic hydroxyl groups excluding tert-OH is 1. The highest BCUT2D eigenvalue weighted by Crippen LogP contribution is 2.27. The molecule has 0 saturated heterocycles. The lowest BCUT2D eigenvalue weighted by Gasteiger charge is -2.31. The SMILES string of the molecule is CCN(CC1CCC1)C(=O)Nc1cccc(C(C)O)c1. The molecular weight excluding hydrogens is 252 g/mol. The number of hydrogen-bond acceptors (Lipinski definition) is 2. The van der Waals surface area contributed by atoms with Crippen molar-refractivity contribution in [2.45, 2.75) is 39.2 Å². The second-order valence-corrected chi connectivity index (χ2v) is 5.57. The first-order chi connectivity index (χ1) is 9.60. The van der Waals surface area contributed by atoms with Crippen molar-refractivity contribution in [2.24, 2.45) is 5.92 Å². The molecule has 1 fully saturated rings. The van der Waals surface area contributed by atoms with Gasteiger partial charge in [0.2, 0.25) is 0 Å². The van der Waals surface area contributed by atoms with Crippen LogP contribution >= 0.6 is 0 Å². The summed E-state index contributed by atoms with van der Waals surface area (Å²) in [7, 11) is 0. The zero-order valence-corrected chi connectivity index (χ0v) is 12.3. The van der Waals surface area contributed by atoms with Crippen LogP contribution in [0.4, 0.5) is 10.5 Å². The van der Waals surface area contributed by atoms with Gasteiger partial charge in [-0.15, -0.1) is 0 Å². The third kappa shape index (κ3) is 3.73. The maximum atomic E-state index is 12.3. The first-order valence-electron chi connectivity index (χ1n) is 7.44. The molecule has 0 radical (unpaired) electrons. The normalized spacial score (nSPS) is 16.4. The van der Waals surface area contributed by atoms with Gasteiger partial charge >= 0.3 is 6.03 Å². The Balaban J connectivity index is 1.96. The number of carbonyl (C=O) groups is 1. The van der Waals surface area contributed by atoms with Crippen LogP contribution in [0.5, 0.6) is 0 Å². The molecule has 1 aliphatic carbocycles. The van der Waals surface area contributed by atoms with Gasteiger partial charge in [-0.3, -0.25) is 0 Å². The van der Waals surface area contributed by atoms with Gasteiger partial charge in [0.05, 0.1) is 6.10 Å². The molecule has 4 nitrogen and oxygen atoms in total. The van der Waals surface area contributed by atoms with E-state index in [9.17, 15) is 9.90 Å². The Morgan fingerprint density at radius 3 is 2.80 bits per heavy atom. The highest BCUT2D eigenvalue weighted by Gasteiger charge is 2.22. The van der Waals surface area contributed by atoms with E-state index in [0.717, 1.165) is 24.3 Å². The maximum Gasteiger partial charge on any atom is 0.321 e. The standard InChI is InChI=1S/C16H24N2O2/c1-3-18(11-13-6-4-7-13)16(20)17-15-9-5-8-14(10-15)12(2)19/h5,8-10,12-13,19H,3-4,6-7,11H2,1-2H3,(H,17,20). The summed E-state index contributed by atoms with van der Waals surface area (Å²) in [5, 5.41) is 12.5. The van der Waals surface area contributed by atoms with Crippen LogP contribution in [0.1, 0.15) is 44.8 Å². The smallest absolute Gasteiger partial charge is 0.321 e. The number of anilines is 1. The summed E-state index contributed by atoms with van der Waals surface area (Å²) in [6.45, 7) is 5.29. The van der Waals surface area contributed by atoms with Gasteiger partial charge in [0.25, 0.3) is 0 Å². The average molecular weight is 276 g/mol. The Labute approximate surface area is 120 Å². The van der Waals surface area contributed by atoms with Gasteiger partial charge in [0, 0.05) is 18.8 Å². The molecule has 0 heterocycles. The highest BCUT2D eigenvalue weighted by molar-refractivity contribution is 5.89. The van der Waals surface area contributed by atoms with E-state index in [-0.39, 0.29) is 6.03 Å². The van der Waals surface area contributed by atoms with E-state index in [0.29, 0.717) is 5.92 Å². The monoisotopic (exact) mass is 276 g/mol. The summed E-state index contributed by atoms with van der Waals surface area (Å²) < 4.78 is 0. The molecule has 1 aromatic rings. The van der Waals surface area contributed by atoms with Gasteiger partial charge in [0.1, 0.15) is 0 Å². The van der Waals surface area contributed by atoms with Crippen LogP contribution in [-0.2, 0) is 0 Å². The Morgan fingerprint density at radius 2 is 2.25 bits per heavy atom. The van der Waals surface area contributed by atoms with Crippen LogP contribution < -0.4 is 5.32 Å².